The molecule has 1 aromatic carbocycles. The first kappa shape index (κ1) is 25.0. The van der Waals surface area contributed by atoms with Crippen LogP contribution in [0.1, 0.15) is 44.5 Å². The van der Waals surface area contributed by atoms with Crippen LogP contribution in [0.3, 0.4) is 0 Å². The molecule has 0 bridgehead atoms. The predicted octanol–water partition coefficient (Wildman–Crippen LogP) is 2.82. The summed E-state index contributed by atoms with van der Waals surface area (Å²) in [5, 5.41) is 12.9. The van der Waals surface area contributed by atoms with Gasteiger partial charge in [-0.05, 0) is 26.2 Å². The number of aliphatic hydroxyl groups excluding tert-OH is 1. The zero-order valence-corrected chi connectivity index (χ0v) is 19.9. The second kappa shape index (κ2) is 10.4. The quantitative estimate of drug-likeness (QED) is 0.337. The molecular weight excluding hydrogens is 438 g/mol. The molecule has 0 fully saturated rings. The number of hydrogen-bond acceptors (Lipinski definition) is 9. The summed E-state index contributed by atoms with van der Waals surface area (Å²) >= 11 is 1.10. The van der Waals surface area contributed by atoms with E-state index in [4.69, 9.17) is 0 Å². The zero-order chi connectivity index (χ0) is 23.2. The maximum absolute atomic E-state index is 13.0. The Labute approximate surface area is 187 Å². The van der Waals surface area contributed by atoms with Crippen molar-refractivity contribution in [2.45, 2.75) is 50.1 Å². The van der Waals surface area contributed by atoms with Gasteiger partial charge in [-0.3, -0.25) is 9.52 Å². The van der Waals surface area contributed by atoms with E-state index in [1.165, 1.54) is 0 Å². The molecule has 0 aliphatic carbocycles. The van der Waals surface area contributed by atoms with Gasteiger partial charge in [0.2, 0.25) is 21.9 Å². The normalized spacial score (nSPS) is 13.1. The molecule has 0 saturated heterocycles. The molecule has 0 spiro atoms. The number of benzene rings is 1. The van der Waals surface area contributed by atoms with Crippen LogP contribution >= 0.6 is 11.8 Å². The molecule has 3 N–H and O–H groups in total. The molecule has 1 aromatic heterocycles. The Hall–Kier alpha value is -2.24. The lowest BCUT2D eigenvalue weighted by Gasteiger charge is -2.22. The number of aromatic nitrogens is 3. The number of anilines is 2. The lowest BCUT2D eigenvalue weighted by Crippen LogP contribution is -2.29. The smallest absolute Gasteiger partial charge is 0.242 e. The van der Waals surface area contributed by atoms with Gasteiger partial charge < -0.3 is 10.4 Å². The van der Waals surface area contributed by atoms with Crippen molar-refractivity contribution >= 4 is 39.5 Å². The molecule has 0 amide bonds. The Morgan fingerprint density at radius 1 is 1.13 bits per heavy atom. The molecule has 0 radical (unpaired) electrons. The molecule has 9 nitrogen and oxygen atoms in total. The van der Waals surface area contributed by atoms with Crippen molar-refractivity contribution in [3.8, 4) is 0 Å². The summed E-state index contributed by atoms with van der Waals surface area (Å²) < 4.78 is 24.7. The first-order valence-electron chi connectivity index (χ1n) is 9.79. The predicted molar refractivity (Wildman–Crippen MR) is 123 cm³/mol. The summed E-state index contributed by atoms with van der Waals surface area (Å²) in [6.07, 6.45) is 1.66. The molecule has 0 aliphatic heterocycles. The molecule has 0 saturated carbocycles. The van der Waals surface area contributed by atoms with Gasteiger partial charge in [0, 0.05) is 5.56 Å². The van der Waals surface area contributed by atoms with E-state index >= 15 is 0 Å². The monoisotopic (exact) mass is 467 g/mol. The average molecular weight is 468 g/mol. The van der Waals surface area contributed by atoms with Gasteiger partial charge >= 0.3 is 0 Å². The van der Waals surface area contributed by atoms with Crippen LogP contribution in [-0.2, 0) is 10.0 Å². The molecule has 2 aromatic rings. The molecule has 11 heteroatoms. The molecule has 170 valence electrons. The van der Waals surface area contributed by atoms with E-state index in [0.29, 0.717) is 17.9 Å². The van der Waals surface area contributed by atoms with E-state index in [9.17, 15) is 18.3 Å². The number of nitrogens with one attached hydrogen (secondary N) is 2. The van der Waals surface area contributed by atoms with Crippen LogP contribution in [0.25, 0.3) is 0 Å². The third-order valence-corrected chi connectivity index (χ3v) is 5.74. The fraction of sp³-hybridized carbons (Fsp3) is 0.500. The third kappa shape index (κ3) is 8.08. The second-order valence-electron chi connectivity index (χ2n) is 8.10. The van der Waals surface area contributed by atoms with Crippen molar-refractivity contribution in [2.24, 2.45) is 5.92 Å². The summed E-state index contributed by atoms with van der Waals surface area (Å²) in [6, 6.07) is 8.57. The van der Waals surface area contributed by atoms with E-state index < -0.39 is 14.8 Å². The number of ketones is 1. The molecule has 31 heavy (non-hydrogen) atoms. The lowest BCUT2D eigenvalue weighted by atomic mass is 10.0. The highest BCUT2D eigenvalue weighted by atomic mass is 32.2. The van der Waals surface area contributed by atoms with E-state index in [1.807, 2.05) is 19.9 Å². The fourth-order valence-electron chi connectivity index (χ4n) is 2.82. The number of aliphatic hydroxyl groups is 1. The van der Waals surface area contributed by atoms with Crippen molar-refractivity contribution in [3.63, 3.8) is 0 Å². The third-order valence-electron chi connectivity index (χ3n) is 4.13. The van der Waals surface area contributed by atoms with Gasteiger partial charge in [-0.25, -0.2) is 8.42 Å². The van der Waals surface area contributed by atoms with Crippen LogP contribution in [0.15, 0.2) is 35.5 Å². The highest BCUT2D eigenvalue weighted by molar-refractivity contribution is 8.01. The van der Waals surface area contributed by atoms with E-state index in [-0.39, 0.29) is 35.5 Å². The number of hydrogen-bond donors (Lipinski definition) is 3. The Morgan fingerprint density at radius 3 is 2.29 bits per heavy atom. The fourth-order valence-corrected chi connectivity index (χ4v) is 4.17. The van der Waals surface area contributed by atoms with Crippen LogP contribution < -0.4 is 10.0 Å². The standard InChI is InChI=1S/C20H29N5O4S2/c1-13(2)11-15(12-26)21-17-22-18(25-31(5,28)29)24-19(23-17)30-20(3,4)16(27)14-9-7-6-8-10-14/h6-10,13,15,26H,11-12H2,1-5H3,(H2,21,22,23,24,25)/t15-/m1/s1. The van der Waals surface area contributed by atoms with Crippen LogP contribution in [-0.4, -0.2) is 57.9 Å². The van der Waals surface area contributed by atoms with Crippen LogP contribution in [0.2, 0.25) is 0 Å². The van der Waals surface area contributed by atoms with Crippen LogP contribution in [0.4, 0.5) is 11.9 Å². The first-order chi connectivity index (χ1) is 14.4. The summed E-state index contributed by atoms with van der Waals surface area (Å²) in [5.74, 6) is 0.160. The topological polar surface area (TPSA) is 134 Å². The Kier molecular flexibility index (Phi) is 8.38. The van der Waals surface area contributed by atoms with E-state index in [1.54, 1.807) is 38.1 Å². The summed E-state index contributed by atoms with van der Waals surface area (Å²) in [6.45, 7) is 7.41. The number of carbonyl (C=O) groups is 1. The molecule has 0 aliphatic rings. The number of Topliss-reactive ketones (excluding diaryl/α,β-unsaturated/α-hetero) is 1. The average Bonchev–Trinajstić information content (AvgIpc) is 2.65. The van der Waals surface area contributed by atoms with Crippen molar-refractivity contribution in [1.29, 1.82) is 0 Å². The van der Waals surface area contributed by atoms with Gasteiger partial charge in [0.25, 0.3) is 0 Å². The summed E-state index contributed by atoms with van der Waals surface area (Å²) in [5.41, 5.74) is 0.555. The van der Waals surface area contributed by atoms with Crippen molar-refractivity contribution < 1.29 is 18.3 Å². The molecule has 1 atom stereocenters. The van der Waals surface area contributed by atoms with Gasteiger partial charge in [-0.15, -0.1) is 0 Å². The second-order valence-corrected chi connectivity index (χ2v) is 11.4. The van der Waals surface area contributed by atoms with Gasteiger partial charge in [-0.1, -0.05) is 55.9 Å². The highest BCUT2D eigenvalue weighted by Crippen LogP contribution is 2.34. The van der Waals surface area contributed by atoms with Crippen LogP contribution in [0, 0.1) is 5.92 Å². The largest absolute Gasteiger partial charge is 0.394 e. The number of thioether (sulfide) groups is 1. The molecular formula is C20H29N5O4S2. The van der Waals surface area contributed by atoms with Gasteiger partial charge in [0.1, 0.15) is 0 Å². The molecule has 1 heterocycles. The Bertz CT molecular complexity index is 998. The molecule has 2 rings (SSSR count). The van der Waals surface area contributed by atoms with Crippen molar-refractivity contribution in [2.75, 3.05) is 22.9 Å². The van der Waals surface area contributed by atoms with Crippen molar-refractivity contribution in [3.05, 3.63) is 35.9 Å². The van der Waals surface area contributed by atoms with Crippen LogP contribution in [0.5, 0.6) is 0 Å². The Morgan fingerprint density at radius 2 is 1.74 bits per heavy atom. The van der Waals surface area contributed by atoms with Crippen molar-refractivity contribution in [1.82, 2.24) is 15.0 Å². The summed E-state index contributed by atoms with van der Waals surface area (Å²) in [7, 11) is -3.62. The number of rotatable bonds is 11. The lowest BCUT2D eigenvalue weighted by molar-refractivity contribution is 0.0958. The van der Waals surface area contributed by atoms with Gasteiger partial charge in [0.15, 0.2) is 10.9 Å². The highest BCUT2D eigenvalue weighted by Gasteiger charge is 2.31. The maximum atomic E-state index is 13.0. The zero-order valence-electron chi connectivity index (χ0n) is 18.3. The Balaban J connectivity index is 2.36. The number of nitrogens with zero attached hydrogens (tertiary/aromatic N) is 3. The minimum absolute atomic E-state index is 0.112. The number of sulfonamides is 1. The van der Waals surface area contributed by atoms with E-state index in [0.717, 1.165) is 18.0 Å². The van der Waals surface area contributed by atoms with Gasteiger partial charge in [0.05, 0.1) is 23.7 Å². The van der Waals surface area contributed by atoms with E-state index in [2.05, 4.69) is 25.0 Å². The molecule has 0 unspecified atom stereocenters. The summed E-state index contributed by atoms with van der Waals surface area (Å²) in [4.78, 5) is 25.6. The SMILES string of the molecule is CC(C)C[C@H](CO)Nc1nc(NS(C)(=O)=O)nc(SC(C)(C)C(=O)c2ccccc2)n1. The first-order valence-corrected chi connectivity index (χ1v) is 12.5. The number of carbonyl (C=O) groups excluding carboxylic acids is 1. The maximum Gasteiger partial charge on any atom is 0.242 e. The van der Waals surface area contributed by atoms with Gasteiger partial charge in [-0.2, -0.15) is 15.0 Å². The minimum atomic E-state index is -3.62. The minimum Gasteiger partial charge on any atom is -0.394 e.